The van der Waals surface area contributed by atoms with Gasteiger partial charge in [-0.1, -0.05) is 0 Å². The van der Waals surface area contributed by atoms with E-state index in [1.807, 2.05) is 4.90 Å². The van der Waals surface area contributed by atoms with E-state index in [1.165, 1.54) is 4.90 Å². The van der Waals surface area contributed by atoms with Crippen LogP contribution in [-0.2, 0) is 19.1 Å². The maximum absolute atomic E-state index is 11.4. The van der Waals surface area contributed by atoms with Crippen LogP contribution in [0.15, 0.2) is 0 Å². The molecule has 6 heteroatoms. The summed E-state index contributed by atoms with van der Waals surface area (Å²) in [6.07, 6.45) is 3.04. The van der Waals surface area contributed by atoms with Crippen molar-refractivity contribution in [3.63, 3.8) is 0 Å². The molecule has 2 aliphatic heterocycles. The summed E-state index contributed by atoms with van der Waals surface area (Å²) in [5.41, 5.74) is 0.200. The highest BCUT2D eigenvalue weighted by atomic mass is 16.5. The van der Waals surface area contributed by atoms with Crippen LogP contribution in [0.25, 0.3) is 0 Å². The lowest BCUT2D eigenvalue weighted by molar-refractivity contribution is -0.134. The van der Waals surface area contributed by atoms with Gasteiger partial charge in [0.05, 0.1) is 19.3 Å². The first-order valence-electron chi connectivity index (χ1n) is 7.57. The van der Waals surface area contributed by atoms with Gasteiger partial charge in [0.15, 0.2) is 0 Å². The first kappa shape index (κ1) is 16.2. The zero-order valence-corrected chi connectivity index (χ0v) is 13.3. The van der Waals surface area contributed by atoms with E-state index in [0.29, 0.717) is 6.61 Å². The summed E-state index contributed by atoms with van der Waals surface area (Å²) < 4.78 is 11.3. The van der Waals surface area contributed by atoms with Crippen LogP contribution < -0.4 is 0 Å². The molecule has 1 atom stereocenters. The molecule has 2 fully saturated rings. The van der Waals surface area contributed by atoms with Crippen LogP contribution in [0.1, 0.15) is 26.2 Å². The number of amides is 2. The van der Waals surface area contributed by atoms with Crippen LogP contribution >= 0.6 is 0 Å². The quantitative estimate of drug-likeness (QED) is 0.759. The molecule has 2 aliphatic rings. The van der Waals surface area contributed by atoms with Crippen LogP contribution in [0.4, 0.5) is 0 Å². The second-order valence-corrected chi connectivity index (χ2v) is 6.45. The molecule has 0 aromatic heterocycles. The third-order valence-electron chi connectivity index (χ3n) is 4.58. The van der Waals surface area contributed by atoms with Crippen LogP contribution in [0.5, 0.6) is 0 Å². The van der Waals surface area contributed by atoms with E-state index >= 15 is 0 Å². The lowest BCUT2D eigenvalue weighted by atomic mass is 9.76. The van der Waals surface area contributed by atoms with Crippen molar-refractivity contribution in [3.8, 4) is 0 Å². The molecule has 0 aromatic rings. The van der Waals surface area contributed by atoms with Crippen molar-refractivity contribution in [2.75, 3.05) is 47.0 Å². The predicted octanol–water partition coefficient (Wildman–Crippen LogP) is 0.509. The van der Waals surface area contributed by atoms with Gasteiger partial charge in [0.25, 0.3) is 0 Å². The van der Waals surface area contributed by atoms with Crippen molar-refractivity contribution < 1.29 is 19.1 Å². The number of carbonyl (C=O) groups is 2. The number of ether oxygens (including phenoxy) is 2. The van der Waals surface area contributed by atoms with E-state index in [9.17, 15) is 9.59 Å². The van der Waals surface area contributed by atoms with E-state index in [-0.39, 0.29) is 29.9 Å². The Labute approximate surface area is 126 Å². The number of hydrogen-bond acceptors (Lipinski definition) is 4. The molecule has 120 valence electrons. The Hall–Kier alpha value is -1.14. The molecule has 0 unspecified atom stereocenters. The average molecular weight is 298 g/mol. The molecular weight excluding hydrogens is 272 g/mol. The second kappa shape index (κ2) is 6.75. The minimum atomic E-state index is -0.0301. The number of piperidine rings is 1. The van der Waals surface area contributed by atoms with Gasteiger partial charge in [-0.2, -0.15) is 0 Å². The Balaban J connectivity index is 1.71. The summed E-state index contributed by atoms with van der Waals surface area (Å²) in [5.74, 6) is 0.128. The molecule has 2 rings (SSSR count). The zero-order chi connectivity index (χ0) is 15.5. The molecule has 2 heterocycles. The zero-order valence-electron chi connectivity index (χ0n) is 13.3. The fraction of sp³-hybridized carbons (Fsp3) is 0.867. The fourth-order valence-electron chi connectivity index (χ4n) is 3.05. The van der Waals surface area contributed by atoms with Crippen molar-refractivity contribution in [1.82, 2.24) is 9.80 Å². The fourth-order valence-corrected chi connectivity index (χ4v) is 3.05. The maximum atomic E-state index is 11.4. The van der Waals surface area contributed by atoms with Gasteiger partial charge in [-0.3, -0.25) is 9.59 Å². The lowest BCUT2D eigenvalue weighted by Gasteiger charge is -2.38. The number of likely N-dealkylation sites (tertiary alicyclic amines) is 1. The minimum Gasteiger partial charge on any atom is -0.375 e. The molecule has 0 aromatic carbocycles. The van der Waals surface area contributed by atoms with Gasteiger partial charge in [-0.15, -0.1) is 0 Å². The summed E-state index contributed by atoms with van der Waals surface area (Å²) in [6.45, 7) is 4.60. The first-order valence-corrected chi connectivity index (χ1v) is 7.57. The van der Waals surface area contributed by atoms with Crippen LogP contribution in [0.3, 0.4) is 0 Å². The van der Waals surface area contributed by atoms with Crippen LogP contribution in [0.2, 0.25) is 0 Å². The van der Waals surface area contributed by atoms with Gasteiger partial charge in [0.2, 0.25) is 11.8 Å². The monoisotopic (exact) mass is 298 g/mol. The van der Waals surface area contributed by atoms with Gasteiger partial charge >= 0.3 is 0 Å². The van der Waals surface area contributed by atoms with Crippen molar-refractivity contribution in [3.05, 3.63) is 0 Å². The van der Waals surface area contributed by atoms with E-state index in [2.05, 4.69) is 0 Å². The summed E-state index contributed by atoms with van der Waals surface area (Å²) in [4.78, 5) is 26.2. The standard InChI is InChI=1S/C15H26N2O4/c1-12(18)17-6-4-15(5-7-17)8-13(21-11-15)9-20-10-14(19)16(2)3/h13H,4-11H2,1-3H3/t13-/m0/s1. The summed E-state index contributed by atoms with van der Waals surface area (Å²) in [5, 5.41) is 0. The third-order valence-corrected chi connectivity index (χ3v) is 4.58. The number of carbonyl (C=O) groups excluding carboxylic acids is 2. The number of likely N-dealkylation sites (N-methyl/N-ethyl adjacent to an activating group) is 1. The predicted molar refractivity (Wildman–Crippen MR) is 77.8 cm³/mol. The molecule has 21 heavy (non-hydrogen) atoms. The normalized spacial score (nSPS) is 24.3. The van der Waals surface area contributed by atoms with E-state index in [4.69, 9.17) is 9.47 Å². The first-order chi connectivity index (χ1) is 9.92. The third kappa shape index (κ3) is 4.17. The van der Waals surface area contributed by atoms with Crippen molar-refractivity contribution in [2.45, 2.75) is 32.3 Å². The average Bonchev–Trinajstić information content (AvgIpc) is 2.82. The summed E-state index contributed by atoms with van der Waals surface area (Å²) >= 11 is 0. The van der Waals surface area contributed by atoms with Crippen molar-refractivity contribution in [2.24, 2.45) is 5.41 Å². The highest BCUT2D eigenvalue weighted by molar-refractivity contribution is 5.76. The largest absolute Gasteiger partial charge is 0.375 e. The van der Waals surface area contributed by atoms with E-state index < -0.39 is 0 Å². The smallest absolute Gasteiger partial charge is 0.248 e. The molecule has 0 N–H and O–H groups in total. The minimum absolute atomic E-state index is 0.0301. The number of hydrogen-bond donors (Lipinski definition) is 0. The Morgan fingerprint density at radius 3 is 2.57 bits per heavy atom. The Kier molecular flexibility index (Phi) is 5.22. The molecular formula is C15H26N2O4. The van der Waals surface area contributed by atoms with Gasteiger partial charge in [-0.25, -0.2) is 0 Å². The molecule has 0 saturated carbocycles. The molecule has 2 amide bonds. The van der Waals surface area contributed by atoms with E-state index in [0.717, 1.165) is 39.0 Å². The molecule has 0 radical (unpaired) electrons. The summed E-state index contributed by atoms with van der Waals surface area (Å²) in [6, 6.07) is 0. The molecule has 0 bridgehead atoms. The van der Waals surface area contributed by atoms with Gasteiger partial charge in [0.1, 0.15) is 6.61 Å². The molecule has 6 nitrogen and oxygen atoms in total. The SMILES string of the molecule is CC(=O)N1CCC2(CC1)CO[C@H](COCC(=O)N(C)C)C2. The lowest BCUT2D eigenvalue weighted by Crippen LogP contribution is -2.42. The second-order valence-electron chi connectivity index (χ2n) is 6.45. The van der Waals surface area contributed by atoms with Gasteiger partial charge in [-0.05, 0) is 24.7 Å². The molecule has 2 saturated heterocycles. The van der Waals surface area contributed by atoms with Gasteiger partial charge < -0.3 is 19.3 Å². The Bertz CT molecular complexity index is 389. The Morgan fingerprint density at radius 2 is 2.00 bits per heavy atom. The maximum Gasteiger partial charge on any atom is 0.248 e. The molecule has 0 aliphatic carbocycles. The highest BCUT2D eigenvalue weighted by Gasteiger charge is 2.42. The van der Waals surface area contributed by atoms with Crippen molar-refractivity contribution >= 4 is 11.8 Å². The number of rotatable bonds is 4. The molecule has 1 spiro atoms. The topological polar surface area (TPSA) is 59.1 Å². The summed E-state index contributed by atoms with van der Waals surface area (Å²) in [7, 11) is 3.44. The van der Waals surface area contributed by atoms with Gasteiger partial charge in [0, 0.05) is 34.1 Å². The Morgan fingerprint density at radius 1 is 1.33 bits per heavy atom. The number of nitrogens with zero attached hydrogens (tertiary/aromatic N) is 2. The van der Waals surface area contributed by atoms with Crippen LogP contribution in [-0.4, -0.2) is 74.7 Å². The highest BCUT2D eigenvalue weighted by Crippen LogP contribution is 2.41. The van der Waals surface area contributed by atoms with E-state index in [1.54, 1.807) is 21.0 Å². The van der Waals surface area contributed by atoms with Crippen LogP contribution in [0, 0.1) is 5.41 Å². The van der Waals surface area contributed by atoms with Crippen molar-refractivity contribution in [1.29, 1.82) is 0 Å².